The molecule has 1 aromatic heterocycles. The van der Waals surface area contributed by atoms with Gasteiger partial charge in [-0.2, -0.15) is 11.8 Å². The van der Waals surface area contributed by atoms with Crippen molar-refractivity contribution >= 4 is 23.5 Å². The van der Waals surface area contributed by atoms with Crippen LogP contribution in [0.5, 0.6) is 0 Å². The third kappa shape index (κ3) is 2.59. The molecule has 3 N–H and O–H groups in total. The highest BCUT2D eigenvalue weighted by Crippen LogP contribution is 2.25. The predicted octanol–water partition coefficient (Wildman–Crippen LogP) is 1.33. The number of rotatable bonds is 2. The normalized spacial score (nSPS) is 23.8. The van der Waals surface area contributed by atoms with Gasteiger partial charge in [-0.3, -0.25) is 4.79 Å². The first kappa shape index (κ1) is 13.2. The second-order valence-electron chi connectivity index (χ2n) is 4.37. The number of nitrogens with zero attached hydrogens (tertiary/aromatic N) is 2. The minimum Gasteiger partial charge on any atom is -0.333 e. The second-order valence-corrected chi connectivity index (χ2v) is 5.85. The van der Waals surface area contributed by atoms with Crippen molar-refractivity contribution in [3.63, 3.8) is 0 Å². The number of carbonyl (C=O) groups is 1. The van der Waals surface area contributed by atoms with Crippen molar-refractivity contribution in [2.75, 3.05) is 17.7 Å². The first-order chi connectivity index (χ1) is 8.63. The predicted molar refractivity (Wildman–Crippen MR) is 74.5 cm³/mol. The van der Waals surface area contributed by atoms with E-state index in [1.54, 1.807) is 18.2 Å². The number of pyridine rings is 1. The number of anilines is 1. The van der Waals surface area contributed by atoms with Gasteiger partial charge in [0.1, 0.15) is 11.5 Å². The van der Waals surface area contributed by atoms with E-state index in [1.165, 1.54) is 0 Å². The number of nitrogens with one attached hydrogen (secondary N) is 1. The molecule has 6 heteroatoms. The van der Waals surface area contributed by atoms with Crippen molar-refractivity contribution in [2.45, 2.75) is 25.1 Å². The lowest BCUT2D eigenvalue weighted by Crippen LogP contribution is -2.48. The maximum atomic E-state index is 12.4. The Morgan fingerprint density at radius 2 is 2.33 bits per heavy atom. The summed E-state index contributed by atoms with van der Waals surface area (Å²) in [6, 6.07) is 5.46. The monoisotopic (exact) mass is 266 g/mol. The van der Waals surface area contributed by atoms with Crippen molar-refractivity contribution in [1.29, 1.82) is 0 Å². The van der Waals surface area contributed by atoms with Gasteiger partial charge < -0.3 is 10.3 Å². The number of hydrogen-bond donors (Lipinski definition) is 2. The Morgan fingerprint density at radius 1 is 1.56 bits per heavy atom. The van der Waals surface area contributed by atoms with E-state index in [2.05, 4.69) is 24.3 Å². The molecule has 18 heavy (non-hydrogen) atoms. The molecule has 98 valence electrons. The summed E-state index contributed by atoms with van der Waals surface area (Å²) in [6.45, 7) is 5.01. The Balaban J connectivity index is 2.19. The van der Waals surface area contributed by atoms with E-state index < -0.39 is 0 Å². The molecule has 2 unspecified atom stereocenters. The standard InChI is InChI=1S/C12H18N4OS/c1-8-9(2)18-7-6-16(8)12(17)10-4-3-5-11(14-10)15-13/h3-5,8-9H,6-7,13H2,1-2H3,(H,14,15). The summed E-state index contributed by atoms with van der Waals surface area (Å²) in [6.07, 6.45) is 0. The molecule has 0 bridgehead atoms. The highest BCUT2D eigenvalue weighted by atomic mass is 32.2. The van der Waals surface area contributed by atoms with Crippen molar-refractivity contribution in [3.8, 4) is 0 Å². The minimum atomic E-state index is -0.0215. The fraction of sp³-hybridized carbons (Fsp3) is 0.500. The maximum Gasteiger partial charge on any atom is 0.272 e. The molecule has 0 aliphatic carbocycles. The largest absolute Gasteiger partial charge is 0.333 e. The van der Waals surface area contributed by atoms with Crippen LogP contribution >= 0.6 is 11.8 Å². The minimum absolute atomic E-state index is 0.0215. The van der Waals surface area contributed by atoms with Gasteiger partial charge in [0.05, 0.1) is 0 Å². The Labute approximate surface area is 111 Å². The van der Waals surface area contributed by atoms with Gasteiger partial charge in [-0.1, -0.05) is 13.0 Å². The Kier molecular flexibility index (Phi) is 4.08. The van der Waals surface area contributed by atoms with Gasteiger partial charge in [0.15, 0.2) is 0 Å². The number of carbonyl (C=O) groups excluding carboxylic acids is 1. The van der Waals surface area contributed by atoms with Gasteiger partial charge >= 0.3 is 0 Å². The molecule has 1 aliphatic heterocycles. The molecule has 0 aromatic carbocycles. The zero-order valence-electron chi connectivity index (χ0n) is 10.6. The SMILES string of the molecule is CC1SCCN(C(=O)c2cccc(NN)n2)C1C. The summed E-state index contributed by atoms with van der Waals surface area (Å²) in [7, 11) is 0. The molecule has 0 saturated carbocycles. The van der Waals surface area contributed by atoms with E-state index in [1.807, 2.05) is 16.7 Å². The Hall–Kier alpha value is -1.27. The summed E-state index contributed by atoms with van der Waals surface area (Å²) >= 11 is 1.90. The number of nitrogen functional groups attached to an aromatic ring is 1. The first-order valence-corrected chi connectivity index (χ1v) is 7.04. The van der Waals surface area contributed by atoms with Crippen molar-refractivity contribution < 1.29 is 4.79 Å². The topological polar surface area (TPSA) is 71.2 Å². The molecule has 1 saturated heterocycles. The fourth-order valence-corrected chi connectivity index (χ4v) is 3.10. The van der Waals surface area contributed by atoms with Crippen LogP contribution in [0.15, 0.2) is 18.2 Å². The van der Waals surface area contributed by atoms with Crippen LogP contribution < -0.4 is 11.3 Å². The van der Waals surface area contributed by atoms with Gasteiger partial charge in [-0.05, 0) is 19.1 Å². The van der Waals surface area contributed by atoms with Gasteiger partial charge in [0, 0.05) is 23.6 Å². The quantitative estimate of drug-likeness (QED) is 0.624. The lowest BCUT2D eigenvalue weighted by atomic mass is 10.2. The van der Waals surface area contributed by atoms with Crippen LogP contribution in [0, 0.1) is 0 Å². The van der Waals surface area contributed by atoms with Crippen LogP contribution in [0.4, 0.5) is 5.82 Å². The number of amides is 1. The van der Waals surface area contributed by atoms with Gasteiger partial charge in [0.2, 0.25) is 0 Å². The van der Waals surface area contributed by atoms with Crippen LogP contribution in [-0.2, 0) is 0 Å². The highest BCUT2D eigenvalue weighted by molar-refractivity contribution is 8.00. The van der Waals surface area contributed by atoms with E-state index in [0.717, 1.165) is 12.3 Å². The average molecular weight is 266 g/mol. The van der Waals surface area contributed by atoms with E-state index in [4.69, 9.17) is 5.84 Å². The van der Waals surface area contributed by atoms with Crippen LogP contribution in [0.25, 0.3) is 0 Å². The molecule has 2 atom stereocenters. The van der Waals surface area contributed by atoms with E-state index >= 15 is 0 Å². The number of hydrogen-bond acceptors (Lipinski definition) is 5. The van der Waals surface area contributed by atoms with Crippen molar-refractivity contribution in [3.05, 3.63) is 23.9 Å². The molecule has 2 rings (SSSR count). The molecule has 1 aliphatic rings. The molecular weight excluding hydrogens is 248 g/mol. The fourth-order valence-electron chi connectivity index (χ4n) is 2.00. The third-order valence-corrected chi connectivity index (χ3v) is 4.60. The molecule has 2 heterocycles. The second kappa shape index (κ2) is 5.58. The summed E-state index contributed by atoms with van der Waals surface area (Å²) in [5.41, 5.74) is 2.90. The van der Waals surface area contributed by atoms with Crippen LogP contribution in [0.2, 0.25) is 0 Å². The molecule has 0 radical (unpaired) electrons. The molecule has 1 amide bonds. The summed E-state index contributed by atoms with van der Waals surface area (Å²) in [5, 5.41) is 0.457. The summed E-state index contributed by atoms with van der Waals surface area (Å²) in [5.74, 6) is 6.77. The van der Waals surface area contributed by atoms with E-state index in [-0.39, 0.29) is 11.9 Å². The van der Waals surface area contributed by atoms with Crippen LogP contribution in [-0.4, -0.2) is 39.4 Å². The van der Waals surface area contributed by atoms with Crippen LogP contribution in [0.1, 0.15) is 24.3 Å². The zero-order chi connectivity index (χ0) is 13.1. The highest BCUT2D eigenvalue weighted by Gasteiger charge is 2.30. The lowest BCUT2D eigenvalue weighted by Gasteiger charge is -2.37. The number of aromatic nitrogens is 1. The molecule has 1 aromatic rings. The lowest BCUT2D eigenvalue weighted by molar-refractivity contribution is 0.0692. The average Bonchev–Trinajstić information content (AvgIpc) is 2.41. The molecule has 0 spiro atoms. The third-order valence-electron chi connectivity index (χ3n) is 3.26. The summed E-state index contributed by atoms with van der Waals surface area (Å²) < 4.78 is 0. The first-order valence-electron chi connectivity index (χ1n) is 5.99. The maximum absolute atomic E-state index is 12.4. The van der Waals surface area contributed by atoms with Crippen molar-refractivity contribution in [2.24, 2.45) is 5.84 Å². The smallest absolute Gasteiger partial charge is 0.272 e. The van der Waals surface area contributed by atoms with Gasteiger partial charge in [-0.25, -0.2) is 10.8 Å². The molecular formula is C12H18N4OS. The van der Waals surface area contributed by atoms with E-state index in [0.29, 0.717) is 16.8 Å². The molecule has 5 nitrogen and oxygen atoms in total. The Morgan fingerprint density at radius 3 is 3.06 bits per heavy atom. The summed E-state index contributed by atoms with van der Waals surface area (Å²) in [4.78, 5) is 18.5. The number of thioether (sulfide) groups is 1. The van der Waals surface area contributed by atoms with Crippen molar-refractivity contribution in [1.82, 2.24) is 9.88 Å². The van der Waals surface area contributed by atoms with Crippen LogP contribution in [0.3, 0.4) is 0 Å². The zero-order valence-corrected chi connectivity index (χ0v) is 11.4. The van der Waals surface area contributed by atoms with Gasteiger partial charge in [-0.15, -0.1) is 0 Å². The van der Waals surface area contributed by atoms with E-state index in [9.17, 15) is 4.79 Å². The number of hydrazine groups is 1. The Bertz CT molecular complexity index is 440. The number of nitrogens with two attached hydrogens (primary N) is 1. The molecule has 1 fully saturated rings. The van der Waals surface area contributed by atoms with Gasteiger partial charge in [0.25, 0.3) is 5.91 Å².